The lowest BCUT2D eigenvalue weighted by Crippen LogP contribution is -2.34. The Kier molecular flexibility index (Phi) is 2.75. The molecule has 0 spiro atoms. The van der Waals surface area contributed by atoms with Crippen LogP contribution >= 0.6 is 0 Å². The SMILES string of the molecule is CNc1nc(C)cc(NC2CC(C)C2)n1. The average molecular weight is 206 g/mol. The third-order valence-electron chi connectivity index (χ3n) is 2.80. The van der Waals surface area contributed by atoms with Gasteiger partial charge in [0.2, 0.25) is 5.95 Å². The smallest absolute Gasteiger partial charge is 0.224 e. The quantitative estimate of drug-likeness (QED) is 0.794. The maximum atomic E-state index is 4.37. The van der Waals surface area contributed by atoms with Crippen molar-refractivity contribution in [3.8, 4) is 0 Å². The highest BCUT2D eigenvalue weighted by molar-refractivity contribution is 5.43. The summed E-state index contributed by atoms with van der Waals surface area (Å²) in [5.74, 6) is 2.47. The Hall–Kier alpha value is -1.32. The normalized spacial score (nSPS) is 24.5. The number of nitrogens with zero attached hydrogens (tertiary/aromatic N) is 2. The summed E-state index contributed by atoms with van der Waals surface area (Å²) >= 11 is 0. The van der Waals surface area contributed by atoms with E-state index in [0.717, 1.165) is 17.4 Å². The molecule has 2 rings (SSSR count). The molecule has 1 aromatic heterocycles. The van der Waals surface area contributed by atoms with E-state index in [1.807, 2.05) is 20.0 Å². The third-order valence-corrected chi connectivity index (χ3v) is 2.80. The maximum Gasteiger partial charge on any atom is 0.224 e. The van der Waals surface area contributed by atoms with E-state index in [9.17, 15) is 0 Å². The first-order valence-electron chi connectivity index (χ1n) is 5.47. The Morgan fingerprint density at radius 1 is 1.33 bits per heavy atom. The molecule has 0 amide bonds. The van der Waals surface area contributed by atoms with Gasteiger partial charge in [0.15, 0.2) is 0 Å². The predicted octanol–water partition coefficient (Wildman–Crippen LogP) is 2.04. The highest BCUT2D eigenvalue weighted by Crippen LogP contribution is 2.29. The molecular formula is C11H18N4. The van der Waals surface area contributed by atoms with Gasteiger partial charge in [0.25, 0.3) is 0 Å². The Bertz CT molecular complexity index is 344. The summed E-state index contributed by atoms with van der Waals surface area (Å²) in [4.78, 5) is 8.62. The second-order valence-electron chi connectivity index (χ2n) is 4.39. The number of nitrogens with one attached hydrogen (secondary N) is 2. The van der Waals surface area contributed by atoms with E-state index in [4.69, 9.17) is 0 Å². The Morgan fingerprint density at radius 2 is 2.07 bits per heavy atom. The summed E-state index contributed by atoms with van der Waals surface area (Å²) in [5, 5.41) is 6.40. The number of aryl methyl sites for hydroxylation is 1. The largest absolute Gasteiger partial charge is 0.367 e. The second kappa shape index (κ2) is 4.04. The topological polar surface area (TPSA) is 49.8 Å². The van der Waals surface area contributed by atoms with Gasteiger partial charge in [-0.25, -0.2) is 4.98 Å². The fraction of sp³-hybridized carbons (Fsp3) is 0.636. The molecule has 0 bridgehead atoms. The van der Waals surface area contributed by atoms with Crippen molar-refractivity contribution >= 4 is 11.8 Å². The molecule has 0 radical (unpaired) electrons. The fourth-order valence-corrected chi connectivity index (χ4v) is 1.98. The summed E-state index contributed by atoms with van der Waals surface area (Å²) in [5.41, 5.74) is 0.990. The first kappa shape index (κ1) is 10.2. The van der Waals surface area contributed by atoms with Gasteiger partial charge < -0.3 is 10.6 Å². The van der Waals surface area contributed by atoms with Crippen LogP contribution < -0.4 is 10.6 Å². The number of anilines is 2. The zero-order chi connectivity index (χ0) is 10.8. The number of rotatable bonds is 3. The summed E-state index contributed by atoms with van der Waals surface area (Å²) in [6, 6.07) is 2.59. The minimum atomic E-state index is 0.596. The van der Waals surface area contributed by atoms with Crippen molar-refractivity contribution in [3.05, 3.63) is 11.8 Å². The van der Waals surface area contributed by atoms with Gasteiger partial charge in [-0.3, -0.25) is 0 Å². The van der Waals surface area contributed by atoms with E-state index in [1.54, 1.807) is 0 Å². The van der Waals surface area contributed by atoms with Gasteiger partial charge in [-0.15, -0.1) is 0 Å². The van der Waals surface area contributed by atoms with Crippen molar-refractivity contribution in [1.82, 2.24) is 9.97 Å². The van der Waals surface area contributed by atoms with Crippen molar-refractivity contribution in [2.45, 2.75) is 32.7 Å². The van der Waals surface area contributed by atoms with Crippen LogP contribution in [0.2, 0.25) is 0 Å². The zero-order valence-electron chi connectivity index (χ0n) is 9.54. The Labute approximate surface area is 90.5 Å². The van der Waals surface area contributed by atoms with Crippen LogP contribution in [0, 0.1) is 12.8 Å². The number of hydrogen-bond donors (Lipinski definition) is 2. The van der Waals surface area contributed by atoms with E-state index in [2.05, 4.69) is 27.5 Å². The molecule has 1 aliphatic rings. The van der Waals surface area contributed by atoms with Crippen LogP contribution in [0.4, 0.5) is 11.8 Å². The lowest BCUT2D eigenvalue weighted by molar-refractivity contribution is 0.308. The van der Waals surface area contributed by atoms with E-state index in [1.165, 1.54) is 12.8 Å². The van der Waals surface area contributed by atoms with Crippen molar-refractivity contribution < 1.29 is 0 Å². The van der Waals surface area contributed by atoms with Crippen LogP contribution in [0.3, 0.4) is 0 Å². The van der Waals surface area contributed by atoms with Gasteiger partial charge in [-0.1, -0.05) is 6.92 Å². The van der Waals surface area contributed by atoms with E-state index in [0.29, 0.717) is 12.0 Å². The van der Waals surface area contributed by atoms with Crippen LogP contribution in [-0.4, -0.2) is 23.1 Å². The molecule has 4 heteroatoms. The fourth-order valence-electron chi connectivity index (χ4n) is 1.98. The molecule has 1 fully saturated rings. The van der Waals surface area contributed by atoms with Crippen molar-refractivity contribution in [2.24, 2.45) is 5.92 Å². The first-order chi connectivity index (χ1) is 7.17. The van der Waals surface area contributed by atoms with Gasteiger partial charge >= 0.3 is 0 Å². The van der Waals surface area contributed by atoms with Crippen LogP contribution in [-0.2, 0) is 0 Å². The molecule has 1 saturated carbocycles. The van der Waals surface area contributed by atoms with Gasteiger partial charge in [0, 0.05) is 24.8 Å². The molecule has 4 nitrogen and oxygen atoms in total. The van der Waals surface area contributed by atoms with Crippen LogP contribution in [0.25, 0.3) is 0 Å². The van der Waals surface area contributed by atoms with Crippen molar-refractivity contribution in [2.75, 3.05) is 17.7 Å². The standard InChI is InChI=1S/C11H18N4/c1-7-4-9(5-7)14-10-6-8(2)13-11(12-3)15-10/h6-7,9H,4-5H2,1-3H3,(H2,12,13,14,15). The van der Waals surface area contributed by atoms with Crippen LogP contribution in [0.15, 0.2) is 6.07 Å². The molecule has 2 N–H and O–H groups in total. The average Bonchev–Trinajstić information content (AvgIpc) is 2.14. The minimum absolute atomic E-state index is 0.596. The summed E-state index contributed by atoms with van der Waals surface area (Å²) in [6.07, 6.45) is 2.50. The Morgan fingerprint density at radius 3 is 2.67 bits per heavy atom. The van der Waals surface area contributed by atoms with Gasteiger partial charge in [0.05, 0.1) is 0 Å². The lowest BCUT2D eigenvalue weighted by atomic mass is 9.82. The van der Waals surface area contributed by atoms with Crippen LogP contribution in [0.5, 0.6) is 0 Å². The predicted molar refractivity (Wildman–Crippen MR) is 62.1 cm³/mol. The van der Waals surface area contributed by atoms with E-state index < -0.39 is 0 Å². The van der Waals surface area contributed by atoms with Gasteiger partial charge in [-0.05, 0) is 25.7 Å². The zero-order valence-corrected chi connectivity index (χ0v) is 9.54. The molecule has 1 heterocycles. The molecule has 0 saturated heterocycles. The van der Waals surface area contributed by atoms with Gasteiger partial charge in [-0.2, -0.15) is 4.98 Å². The second-order valence-corrected chi connectivity index (χ2v) is 4.39. The number of aromatic nitrogens is 2. The summed E-state index contributed by atoms with van der Waals surface area (Å²) < 4.78 is 0. The molecule has 1 aromatic rings. The van der Waals surface area contributed by atoms with Gasteiger partial charge in [0.1, 0.15) is 5.82 Å². The highest BCUT2D eigenvalue weighted by atomic mass is 15.1. The molecule has 82 valence electrons. The minimum Gasteiger partial charge on any atom is -0.367 e. The highest BCUT2D eigenvalue weighted by Gasteiger charge is 2.25. The van der Waals surface area contributed by atoms with Crippen molar-refractivity contribution in [3.63, 3.8) is 0 Å². The first-order valence-corrected chi connectivity index (χ1v) is 5.47. The maximum absolute atomic E-state index is 4.37. The molecule has 0 atom stereocenters. The lowest BCUT2D eigenvalue weighted by Gasteiger charge is -2.33. The summed E-state index contributed by atoms with van der Waals surface area (Å²) in [6.45, 7) is 4.26. The number of hydrogen-bond acceptors (Lipinski definition) is 4. The van der Waals surface area contributed by atoms with E-state index >= 15 is 0 Å². The molecule has 0 unspecified atom stereocenters. The van der Waals surface area contributed by atoms with E-state index in [-0.39, 0.29) is 0 Å². The molecule has 1 aliphatic carbocycles. The van der Waals surface area contributed by atoms with Crippen molar-refractivity contribution in [1.29, 1.82) is 0 Å². The Balaban J connectivity index is 2.04. The summed E-state index contributed by atoms with van der Waals surface area (Å²) in [7, 11) is 1.84. The molecular weight excluding hydrogens is 188 g/mol. The molecule has 15 heavy (non-hydrogen) atoms. The third kappa shape index (κ3) is 2.37. The monoisotopic (exact) mass is 206 g/mol. The molecule has 0 aromatic carbocycles. The molecule has 0 aliphatic heterocycles. The van der Waals surface area contributed by atoms with Crippen LogP contribution in [0.1, 0.15) is 25.5 Å².